The molecule has 1 amide bonds. The molecule has 0 bridgehead atoms. The van der Waals surface area contributed by atoms with Gasteiger partial charge in [0.1, 0.15) is 36.6 Å². The van der Waals surface area contributed by atoms with E-state index in [0.29, 0.717) is 0 Å². The van der Waals surface area contributed by atoms with Gasteiger partial charge >= 0.3 is 11.9 Å². The summed E-state index contributed by atoms with van der Waals surface area (Å²) in [5.74, 6) is -1.86. The SMILES string of the molecule is C=CCO[C@@H]1[C@@H](NC(C)=O)[C@H](OC)O[C@H](COCc2ccccc2)[C@H]1O[C@@H]1O[C@H](COCc2ccccc2)[C@H](O)[C@H](OC(C)=O)[C@H]1OC(C)=O. The number of hydrogen-bond donors (Lipinski definition) is 2. The van der Waals surface area contributed by atoms with E-state index in [0.717, 1.165) is 11.1 Å². The molecule has 2 heterocycles. The summed E-state index contributed by atoms with van der Waals surface area (Å²) >= 11 is 0. The minimum absolute atomic E-state index is 0.0231. The molecule has 2 N–H and O–H groups in total. The molecule has 2 aliphatic rings. The molecule has 14 nitrogen and oxygen atoms in total. The van der Waals surface area contributed by atoms with Crippen LogP contribution in [0.25, 0.3) is 0 Å². The Balaban J connectivity index is 1.67. The first kappa shape index (κ1) is 39.1. The molecule has 0 radical (unpaired) electrons. The van der Waals surface area contributed by atoms with Crippen LogP contribution in [0.1, 0.15) is 31.9 Å². The van der Waals surface area contributed by atoms with Crippen molar-refractivity contribution in [2.24, 2.45) is 0 Å². The number of ether oxygens (including phenoxy) is 9. The zero-order valence-corrected chi connectivity index (χ0v) is 28.7. The van der Waals surface area contributed by atoms with Crippen LogP contribution in [0, 0.1) is 0 Å². The summed E-state index contributed by atoms with van der Waals surface area (Å²) in [6.07, 6.45) is -9.20. The highest BCUT2D eigenvalue weighted by atomic mass is 16.8. The molecule has 2 aliphatic heterocycles. The predicted octanol–water partition coefficient (Wildman–Crippen LogP) is 2.20. The number of carbonyl (C=O) groups excluding carboxylic acids is 3. The van der Waals surface area contributed by atoms with Crippen LogP contribution in [0.15, 0.2) is 73.3 Å². The van der Waals surface area contributed by atoms with Crippen LogP contribution in [0.5, 0.6) is 0 Å². The lowest BCUT2D eigenvalue weighted by atomic mass is 9.95. The molecule has 0 unspecified atom stereocenters. The molecule has 0 saturated carbocycles. The van der Waals surface area contributed by atoms with Crippen molar-refractivity contribution in [2.75, 3.05) is 26.9 Å². The van der Waals surface area contributed by atoms with Gasteiger partial charge in [-0.2, -0.15) is 0 Å². The van der Waals surface area contributed by atoms with Gasteiger partial charge in [0, 0.05) is 27.9 Å². The number of esters is 2. The molecule has 50 heavy (non-hydrogen) atoms. The fraction of sp³-hybridized carbons (Fsp3) is 0.528. The third kappa shape index (κ3) is 11.1. The highest BCUT2D eigenvalue weighted by molar-refractivity contribution is 5.73. The molecular formula is C36H47NO13. The van der Waals surface area contributed by atoms with Crippen LogP contribution in [-0.2, 0) is 70.2 Å². The highest BCUT2D eigenvalue weighted by Crippen LogP contribution is 2.33. The molecule has 10 atom stereocenters. The Bertz CT molecular complexity index is 1360. The second kappa shape index (κ2) is 19.6. The summed E-state index contributed by atoms with van der Waals surface area (Å²) in [6.45, 7) is 7.77. The molecule has 4 rings (SSSR count). The smallest absolute Gasteiger partial charge is 0.303 e. The fourth-order valence-corrected chi connectivity index (χ4v) is 5.84. The third-order valence-corrected chi connectivity index (χ3v) is 7.96. The van der Waals surface area contributed by atoms with Crippen LogP contribution in [0.2, 0.25) is 0 Å². The second-order valence-electron chi connectivity index (χ2n) is 11.9. The van der Waals surface area contributed by atoms with E-state index in [1.807, 2.05) is 60.7 Å². The van der Waals surface area contributed by atoms with Gasteiger partial charge in [0.05, 0.1) is 33.0 Å². The Morgan fingerprint density at radius 3 is 1.84 bits per heavy atom. The van der Waals surface area contributed by atoms with Crippen molar-refractivity contribution in [1.29, 1.82) is 0 Å². The maximum atomic E-state index is 12.4. The predicted molar refractivity (Wildman–Crippen MR) is 176 cm³/mol. The second-order valence-corrected chi connectivity index (χ2v) is 11.9. The van der Waals surface area contributed by atoms with E-state index in [2.05, 4.69) is 11.9 Å². The summed E-state index contributed by atoms with van der Waals surface area (Å²) in [5.41, 5.74) is 1.80. The Labute approximate surface area is 291 Å². The molecule has 14 heteroatoms. The molecule has 2 aromatic rings. The van der Waals surface area contributed by atoms with Crippen LogP contribution in [-0.4, -0.2) is 111 Å². The summed E-state index contributed by atoms with van der Waals surface area (Å²) < 4.78 is 54.0. The molecule has 2 saturated heterocycles. The van der Waals surface area contributed by atoms with E-state index in [4.69, 9.17) is 42.6 Å². The van der Waals surface area contributed by atoms with Gasteiger partial charge in [0.15, 0.2) is 24.8 Å². The van der Waals surface area contributed by atoms with Gasteiger partial charge < -0.3 is 53.1 Å². The van der Waals surface area contributed by atoms with Crippen molar-refractivity contribution in [3.05, 3.63) is 84.4 Å². The fourth-order valence-electron chi connectivity index (χ4n) is 5.84. The van der Waals surface area contributed by atoms with Gasteiger partial charge in [-0.05, 0) is 11.1 Å². The van der Waals surface area contributed by atoms with Gasteiger partial charge in [-0.15, -0.1) is 6.58 Å². The standard InChI is InChI=1S/C36H47NO13/c1-6-17-45-32-29(37-22(2)38)35(42-5)49-28(21-44-19-26-15-11-8-12-16-26)31(32)50-36-34(47-24(4)40)33(46-23(3)39)30(41)27(48-36)20-43-18-25-13-9-7-10-14-25/h6-16,27-36,41H,1,17-21H2,2-5H3,(H,37,38)/t27-,28-,29-,30+,31-,32-,33+,34-,35-,36+/m1/s1. The molecule has 2 aromatic carbocycles. The summed E-state index contributed by atoms with van der Waals surface area (Å²) in [7, 11) is 1.43. The Morgan fingerprint density at radius 1 is 0.780 bits per heavy atom. The number of benzene rings is 2. The van der Waals surface area contributed by atoms with Crippen LogP contribution >= 0.6 is 0 Å². The number of carbonyl (C=O) groups is 3. The number of nitrogens with one attached hydrogen (secondary N) is 1. The first-order valence-corrected chi connectivity index (χ1v) is 16.4. The van der Waals surface area contributed by atoms with Crippen molar-refractivity contribution in [1.82, 2.24) is 5.32 Å². The van der Waals surface area contributed by atoms with Crippen molar-refractivity contribution in [3.8, 4) is 0 Å². The Kier molecular flexibility index (Phi) is 15.3. The molecule has 0 aromatic heterocycles. The van der Waals surface area contributed by atoms with Gasteiger partial charge in [0.25, 0.3) is 0 Å². The number of aliphatic hydroxyl groups is 1. The van der Waals surface area contributed by atoms with E-state index in [1.54, 1.807) is 0 Å². The summed E-state index contributed by atoms with van der Waals surface area (Å²) in [4.78, 5) is 37.0. The molecule has 0 aliphatic carbocycles. The third-order valence-electron chi connectivity index (χ3n) is 7.96. The van der Waals surface area contributed by atoms with Crippen molar-refractivity contribution in [2.45, 2.75) is 95.3 Å². The monoisotopic (exact) mass is 701 g/mol. The average Bonchev–Trinajstić information content (AvgIpc) is 3.09. The normalized spacial score (nSPS) is 29.5. The lowest BCUT2D eigenvalue weighted by molar-refractivity contribution is -0.352. The van der Waals surface area contributed by atoms with Gasteiger partial charge in [-0.1, -0.05) is 66.7 Å². The van der Waals surface area contributed by atoms with Crippen molar-refractivity contribution < 1.29 is 62.1 Å². The summed E-state index contributed by atoms with van der Waals surface area (Å²) in [6, 6.07) is 18.0. The molecule has 2 fully saturated rings. The van der Waals surface area contributed by atoms with E-state index >= 15 is 0 Å². The molecular weight excluding hydrogens is 654 g/mol. The Hall–Kier alpha value is -3.73. The maximum Gasteiger partial charge on any atom is 0.303 e. The zero-order chi connectivity index (χ0) is 36.0. The van der Waals surface area contributed by atoms with E-state index in [1.165, 1.54) is 34.0 Å². The average molecular weight is 702 g/mol. The summed E-state index contributed by atoms with van der Waals surface area (Å²) in [5, 5.41) is 14.2. The van der Waals surface area contributed by atoms with Crippen molar-refractivity contribution >= 4 is 17.8 Å². The minimum Gasteiger partial charge on any atom is -0.455 e. The van der Waals surface area contributed by atoms with E-state index < -0.39 is 73.3 Å². The van der Waals surface area contributed by atoms with E-state index in [9.17, 15) is 19.5 Å². The van der Waals surface area contributed by atoms with Crippen LogP contribution in [0.4, 0.5) is 0 Å². The Morgan fingerprint density at radius 2 is 1.32 bits per heavy atom. The number of amides is 1. The molecule has 274 valence electrons. The quantitative estimate of drug-likeness (QED) is 0.182. The topological polar surface area (TPSA) is 167 Å². The van der Waals surface area contributed by atoms with Crippen molar-refractivity contribution in [3.63, 3.8) is 0 Å². The lowest BCUT2D eigenvalue weighted by Crippen LogP contribution is -2.68. The van der Waals surface area contributed by atoms with Gasteiger partial charge in [-0.25, -0.2) is 0 Å². The largest absolute Gasteiger partial charge is 0.455 e. The maximum absolute atomic E-state index is 12.4. The van der Waals surface area contributed by atoms with Gasteiger partial charge in [0.2, 0.25) is 5.91 Å². The number of methoxy groups -OCH3 is 1. The van der Waals surface area contributed by atoms with Crippen LogP contribution < -0.4 is 5.32 Å². The zero-order valence-electron chi connectivity index (χ0n) is 28.7. The minimum atomic E-state index is -1.47. The first-order valence-electron chi connectivity index (χ1n) is 16.4. The lowest BCUT2D eigenvalue weighted by Gasteiger charge is -2.49. The van der Waals surface area contributed by atoms with Crippen LogP contribution in [0.3, 0.4) is 0 Å². The number of rotatable bonds is 17. The number of aliphatic hydroxyl groups excluding tert-OH is 1. The first-order chi connectivity index (χ1) is 24.1. The van der Waals surface area contributed by atoms with E-state index in [-0.39, 0.29) is 38.9 Å². The van der Waals surface area contributed by atoms with Gasteiger partial charge in [-0.3, -0.25) is 14.4 Å². The number of hydrogen-bond acceptors (Lipinski definition) is 13. The molecule has 0 spiro atoms. The highest BCUT2D eigenvalue weighted by Gasteiger charge is 2.54.